The van der Waals surface area contributed by atoms with Gasteiger partial charge in [0.1, 0.15) is 17.7 Å². The van der Waals surface area contributed by atoms with Crippen molar-refractivity contribution < 1.29 is 19.1 Å². The number of rotatable bonds is 9. The highest BCUT2D eigenvalue weighted by atomic mass is 16.6. The maximum Gasteiger partial charge on any atom is 0.408 e. The number of nitrogens with one attached hydrogen (secondary N) is 2. The largest absolute Gasteiger partial charge is 0.444 e. The number of anilines is 1. The van der Waals surface area contributed by atoms with Gasteiger partial charge >= 0.3 is 6.09 Å². The minimum Gasteiger partial charge on any atom is -0.444 e. The highest BCUT2D eigenvalue weighted by Gasteiger charge is 2.45. The summed E-state index contributed by atoms with van der Waals surface area (Å²) in [5.41, 5.74) is 4.88. The molecule has 0 saturated heterocycles. The van der Waals surface area contributed by atoms with Gasteiger partial charge in [-0.3, -0.25) is 9.59 Å². The van der Waals surface area contributed by atoms with Crippen molar-refractivity contribution in [1.82, 2.24) is 10.2 Å². The van der Waals surface area contributed by atoms with Crippen molar-refractivity contribution in [2.45, 2.75) is 105 Å². The lowest BCUT2D eigenvalue weighted by Crippen LogP contribution is -2.55. The normalized spacial score (nSPS) is 15.6. The van der Waals surface area contributed by atoms with Gasteiger partial charge in [-0.1, -0.05) is 56.7 Å². The standard InChI is InChI=1S/C32H45N3O4/c1-10-19(2)27(34-31(38)39-32(7,8)9)30(37)35(25-16-17-25)28(24-15-14-20(3)23(6)18-24)29(36)33-26-21(4)12-11-13-22(26)5/h11-15,18-19,25,27-28H,10,16-17H2,1-9H3,(H,33,36)(H,34,38). The van der Waals surface area contributed by atoms with Crippen molar-refractivity contribution in [1.29, 1.82) is 0 Å². The zero-order valence-electron chi connectivity index (χ0n) is 25.0. The molecule has 0 aromatic heterocycles. The smallest absolute Gasteiger partial charge is 0.408 e. The van der Waals surface area contributed by atoms with Crippen LogP contribution in [0.4, 0.5) is 10.5 Å². The first-order chi connectivity index (χ1) is 18.2. The average molecular weight is 536 g/mol. The predicted octanol–water partition coefficient (Wildman–Crippen LogP) is 6.53. The number of alkyl carbamates (subject to hydrolysis) is 1. The fourth-order valence-corrected chi connectivity index (χ4v) is 4.73. The molecule has 7 nitrogen and oxygen atoms in total. The molecule has 7 heteroatoms. The highest BCUT2D eigenvalue weighted by molar-refractivity contribution is 6.00. The zero-order valence-corrected chi connectivity index (χ0v) is 25.0. The van der Waals surface area contributed by atoms with Crippen molar-refractivity contribution in [3.05, 3.63) is 64.2 Å². The lowest BCUT2D eigenvalue weighted by atomic mass is 9.94. The molecule has 3 unspecified atom stereocenters. The number of ether oxygens (including phenoxy) is 1. The summed E-state index contributed by atoms with van der Waals surface area (Å²) in [4.78, 5) is 43.0. The molecule has 3 rings (SSSR count). The molecule has 1 aliphatic rings. The summed E-state index contributed by atoms with van der Waals surface area (Å²) in [7, 11) is 0. The highest BCUT2D eigenvalue weighted by Crippen LogP contribution is 2.37. The van der Waals surface area contributed by atoms with Gasteiger partial charge in [0.25, 0.3) is 5.91 Å². The van der Waals surface area contributed by atoms with Gasteiger partial charge in [0.2, 0.25) is 5.91 Å². The number of aryl methyl sites for hydroxylation is 4. The molecule has 0 spiro atoms. The molecule has 3 amide bonds. The monoisotopic (exact) mass is 535 g/mol. The van der Waals surface area contributed by atoms with Crippen LogP contribution >= 0.6 is 0 Å². The Balaban J connectivity index is 2.06. The summed E-state index contributed by atoms with van der Waals surface area (Å²) < 4.78 is 5.50. The molecule has 0 bridgehead atoms. The summed E-state index contributed by atoms with van der Waals surface area (Å²) in [5.74, 6) is -0.693. The van der Waals surface area contributed by atoms with Crippen molar-refractivity contribution in [3.8, 4) is 0 Å². The molecule has 1 fully saturated rings. The Hall–Kier alpha value is -3.35. The molecule has 212 valence electrons. The number of benzene rings is 2. The molecule has 3 atom stereocenters. The second-order valence-corrected chi connectivity index (χ2v) is 12.0. The maximum absolute atomic E-state index is 14.4. The summed E-state index contributed by atoms with van der Waals surface area (Å²) in [6.45, 7) is 17.2. The summed E-state index contributed by atoms with van der Waals surface area (Å²) in [6.07, 6.45) is 1.65. The molecule has 1 saturated carbocycles. The Labute approximate surface area is 233 Å². The minimum absolute atomic E-state index is 0.0835. The number of para-hydroxylation sites is 1. The van der Waals surface area contributed by atoms with Crippen molar-refractivity contribution >= 4 is 23.6 Å². The first-order valence-corrected chi connectivity index (χ1v) is 14.0. The van der Waals surface area contributed by atoms with Gasteiger partial charge in [-0.15, -0.1) is 0 Å². The van der Waals surface area contributed by atoms with Crippen LogP contribution in [0.3, 0.4) is 0 Å². The van der Waals surface area contributed by atoms with Crippen molar-refractivity contribution in [2.24, 2.45) is 5.92 Å². The third-order valence-corrected chi connectivity index (χ3v) is 7.45. The molecule has 2 N–H and O–H groups in total. The minimum atomic E-state index is -0.852. The molecular weight excluding hydrogens is 490 g/mol. The molecular formula is C32H45N3O4. The predicted molar refractivity (Wildman–Crippen MR) is 156 cm³/mol. The van der Waals surface area contributed by atoms with Crippen LogP contribution in [0.5, 0.6) is 0 Å². The van der Waals surface area contributed by atoms with E-state index in [0.29, 0.717) is 6.42 Å². The van der Waals surface area contributed by atoms with Gasteiger partial charge in [0, 0.05) is 11.7 Å². The van der Waals surface area contributed by atoms with Crippen LogP contribution in [0.1, 0.15) is 87.7 Å². The third kappa shape index (κ3) is 7.61. The summed E-state index contributed by atoms with van der Waals surface area (Å²) >= 11 is 0. The third-order valence-electron chi connectivity index (χ3n) is 7.45. The van der Waals surface area contributed by atoms with Crippen LogP contribution in [-0.2, 0) is 14.3 Å². The van der Waals surface area contributed by atoms with Crippen LogP contribution in [0.2, 0.25) is 0 Å². The van der Waals surface area contributed by atoms with E-state index in [1.54, 1.807) is 25.7 Å². The van der Waals surface area contributed by atoms with Crippen LogP contribution < -0.4 is 10.6 Å². The van der Waals surface area contributed by atoms with Gasteiger partial charge in [0.05, 0.1) is 0 Å². The van der Waals surface area contributed by atoms with E-state index in [-0.39, 0.29) is 23.8 Å². The number of hydrogen-bond donors (Lipinski definition) is 2. The maximum atomic E-state index is 14.4. The van der Waals surface area contributed by atoms with Crippen LogP contribution in [0.15, 0.2) is 36.4 Å². The molecule has 39 heavy (non-hydrogen) atoms. The zero-order chi connectivity index (χ0) is 29.1. The molecule has 0 aliphatic heterocycles. The number of amides is 3. The number of hydrogen-bond acceptors (Lipinski definition) is 4. The molecule has 1 aliphatic carbocycles. The van der Waals surface area contributed by atoms with Gasteiger partial charge in [-0.25, -0.2) is 4.79 Å². The molecule has 0 radical (unpaired) electrons. The fourth-order valence-electron chi connectivity index (χ4n) is 4.73. The second kappa shape index (κ2) is 12.2. The van der Waals surface area contributed by atoms with E-state index < -0.39 is 23.8 Å². The Bertz CT molecular complexity index is 1190. The van der Waals surface area contributed by atoms with Crippen molar-refractivity contribution in [2.75, 3.05) is 5.32 Å². The van der Waals surface area contributed by atoms with E-state index in [2.05, 4.69) is 10.6 Å². The van der Waals surface area contributed by atoms with E-state index in [1.165, 1.54) is 0 Å². The van der Waals surface area contributed by atoms with Gasteiger partial charge in [-0.05, 0) is 95.0 Å². The Morgan fingerprint density at radius 2 is 1.59 bits per heavy atom. The van der Waals surface area contributed by atoms with Crippen LogP contribution in [0.25, 0.3) is 0 Å². The number of nitrogens with zero attached hydrogens (tertiary/aromatic N) is 1. The lowest BCUT2D eigenvalue weighted by molar-refractivity contribution is -0.142. The fraction of sp³-hybridized carbons (Fsp3) is 0.531. The van der Waals surface area contributed by atoms with E-state index in [4.69, 9.17) is 4.74 Å². The first-order valence-electron chi connectivity index (χ1n) is 14.0. The van der Waals surface area contributed by atoms with Crippen LogP contribution in [0, 0.1) is 33.6 Å². The van der Waals surface area contributed by atoms with E-state index in [1.807, 2.05) is 77.9 Å². The Kier molecular flexibility index (Phi) is 9.47. The quantitative estimate of drug-likeness (QED) is 0.382. The molecule has 2 aromatic rings. The lowest BCUT2D eigenvalue weighted by Gasteiger charge is -2.36. The van der Waals surface area contributed by atoms with E-state index in [0.717, 1.165) is 46.3 Å². The van der Waals surface area contributed by atoms with Crippen molar-refractivity contribution in [3.63, 3.8) is 0 Å². The van der Waals surface area contributed by atoms with E-state index in [9.17, 15) is 14.4 Å². The molecule has 0 heterocycles. The second-order valence-electron chi connectivity index (χ2n) is 12.0. The number of carbonyl (C=O) groups excluding carboxylic acids is 3. The van der Waals surface area contributed by atoms with Crippen LogP contribution in [-0.4, -0.2) is 40.5 Å². The van der Waals surface area contributed by atoms with Gasteiger partial charge in [-0.2, -0.15) is 0 Å². The topological polar surface area (TPSA) is 87.7 Å². The van der Waals surface area contributed by atoms with Gasteiger partial charge < -0.3 is 20.3 Å². The Morgan fingerprint density at radius 1 is 0.974 bits per heavy atom. The summed E-state index contributed by atoms with van der Waals surface area (Å²) in [5, 5.41) is 5.98. The first kappa shape index (κ1) is 30.2. The summed E-state index contributed by atoms with van der Waals surface area (Å²) in [6, 6.07) is 10.0. The SMILES string of the molecule is CCC(C)C(NC(=O)OC(C)(C)C)C(=O)N(C1CC1)C(C(=O)Nc1c(C)cccc1C)c1ccc(C)c(C)c1. The average Bonchev–Trinajstić information content (AvgIpc) is 3.68. The Morgan fingerprint density at radius 3 is 2.10 bits per heavy atom. The molecule has 2 aromatic carbocycles. The number of carbonyl (C=O) groups is 3. The van der Waals surface area contributed by atoms with Gasteiger partial charge in [0.15, 0.2) is 0 Å². The van der Waals surface area contributed by atoms with E-state index >= 15 is 0 Å².